The lowest BCUT2D eigenvalue weighted by molar-refractivity contribution is -0.119. The molecule has 3 atom stereocenters. The van der Waals surface area contributed by atoms with E-state index in [9.17, 15) is 4.79 Å². The van der Waals surface area contributed by atoms with Crippen LogP contribution in [0.25, 0.3) is 0 Å². The van der Waals surface area contributed by atoms with E-state index in [1.165, 1.54) is 0 Å². The Morgan fingerprint density at radius 2 is 1.21 bits per heavy atom. The summed E-state index contributed by atoms with van der Waals surface area (Å²) in [5.74, 6) is -0.00876. The minimum atomic E-state index is -3.24. The fourth-order valence-electron chi connectivity index (χ4n) is 5.07. The first-order chi connectivity index (χ1) is 13.5. The standard InChI is InChI=1S/C25H25O2P/c1-20(26)25(22-14-8-4-9-15-22)19-18-24(2,21-12-6-3-7-13-21)28(25,27)23-16-10-5-11-17-23/h3-17H,18-19H2,1-2H3/t24-,25-,28-/m1/s1. The van der Waals surface area contributed by atoms with Crippen molar-refractivity contribution >= 4 is 18.2 Å². The summed E-state index contributed by atoms with van der Waals surface area (Å²) in [5.41, 5.74) is 1.91. The lowest BCUT2D eigenvalue weighted by atomic mass is 9.86. The number of Topliss-reactive ketones (excluding diaryl/α,β-unsaturated/α-hetero) is 1. The topological polar surface area (TPSA) is 34.1 Å². The van der Waals surface area contributed by atoms with Crippen molar-refractivity contribution in [1.82, 2.24) is 0 Å². The smallest absolute Gasteiger partial charge is 0.148 e. The molecule has 0 aliphatic carbocycles. The SMILES string of the molecule is CC(=O)[C@@]1(c2ccccc2)CC[C@](C)(c2ccccc2)[P@]1(=O)c1ccccc1. The van der Waals surface area contributed by atoms with E-state index < -0.39 is 17.5 Å². The molecule has 4 rings (SSSR count). The molecule has 0 spiro atoms. The molecular weight excluding hydrogens is 363 g/mol. The van der Waals surface area contributed by atoms with Crippen LogP contribution < -0.4 is 5.30 Å². The molecule has 3 aromatic carbocycles. The number of carbonyl (C=O) groups is 1. The number of carbonyl (C=O) groups excluding carboxylic acids is 1. The fraction of sp³-hybridized carbons (Fsp3) is 0.240. The molecule has 2 nitrogen and oxygen atoms in total. The summed E-state index contributed by atoms with van der Waals surface area (Å²) >= 11 is 0. The van der Waals surface area contributed by atoms with Gasteiger partial charge in [0.05, 0.1) is 5.16 Å². The molecular formula is C25H25O2P. The van der Waals surface area contributed by atoms with Crippen molar-refractivity contribution in [2.24, 2.45) is 0 Å². The average molecular weight is 388 g/mol. The molecule has 0 unspecified atom stereocenters. The molecule has 1 aliphatic rings. The summed E-state index contributed by atoms with van der Waals surface area (Å²) in [7, 11) is -3.24. The number of benzene rings is 3. The Bertz CT molecular complexity index is 1030. The number of hydrogen-bond donors (Lipinski definition) is 0. The zero-order valence-electron chi connectivity index (χ0n) is 16.3. The molecule has 1 aliphatic heterocycles. The molecule has 1 fully saturated rings. The highest BCUT2D eigenvalue weighted by Gasteiger charge is 2.67. The minimum absolute atomic E-state index is 0.00876. The highest BCUT2D eigenvalue weighted by Crippen LogP contribution is 2.81. The molecule has 3 aromatic rings. The maximum atomic E-state index is 15.3. The first-order valence-corrected chi connectivity index (χ1v) is 11.5. The predicted molar refractivity (Wildman–Crippen MR) is 116 cm³/mol. The van der Waals surface area contributed by atoms with Gasteiger partial charge in [0.1, 0.15) is 18.1 Å². The maximum absolute atomic E-state index is 15.3. The quantitative estimate of drug-likeness (QED) is 0.524. The first-order valence-electron chi connectivity index (χ1n) is 9.75. The molecule has 0 amide bonds. The first kappa shape index (κ1) is 18.9. The van der Waals surface area contributed by atoms with Crippen molar-refractivity contribution in [1.29, 1.82) is 0 Å². The Balaban J connectivity index is 2.09. The van der Waals surface area contributed by atoms with Gasteiger partial charge in [-0.05, 0) is 37.8 Å². The van der Waals surface area contributed by atoms with Gasteiger partial charge in [-0.25, -0.2) is 0 Å². The summed E-state index contributed by atoms with van der Waals surface area (Å²) in [6.07, 6.45) is 1.29. The second-order valence-electron chi connectivity index (χ2n) is 7.87. The highest BCUT2D eigenvalue weighted by molar-refractivity contribution is 7.75. The van der Waals surface area contributed by atoms with E-state index in [0.717, 1.165) is 16.4 Å². The van der Waals surface area contributed by atoms with Gasteiger partial charge in [-0.1, -0.05) is 91.0 Å². The monoisotopic (exact) mass is 388 g/mol. The van der Waals surface area contributed by atoms with E-state index in [0.29, 0.717) is 12.8 Å². The molecule has 142 valence electrons. The number of hydrogen-bond acceptors (Lipinski definition) is 2. The molecule has 0 radical (unpaired) electrons. The normalized spacial score (nSPS) is 29.5. The third-order valence-corrected chi connectivity index (χ3v) is 11.3. The Morgan fingerprint density at radius 1 is 0.750 bits per heavy atom. The van der Waals surface area contributed by atoms with Crippen molar-refractivity contribution in [3.05, 3.63) is 102 Å². The Kier molecular flexibility index (Phi) is 4.63. The van der Waals surface area contributed by atoms with Crippen LogP contribution in [0, 0.1) is 0 Å². The molecule has 0 saturated carbocycles. The Hall–Kier alpha value is -2.44. The van der Waals surface area contributed by atoms with Crippen LogP contribution in [0.3, 0.4) is 0 Å². The Morgan fingerprint density at radius 3 is 1.71 bits per heavy atom. The predicted octanol–water partition coefficient (Wildman–Crippen LogP) is 5.87. The second kappa shape index (κ2) is 6.87. The van der Waals surface area contributed by atoms with Crippen molar-refractivity contribution in [2.75, 3.05) is 0 Å². The third kappa shape index (κ3) is 2.41. The van der Waals surface area contributed by atoms with Gasteiger partial charge in [-0.3, -0.25) is 4.79 Å². The molecule has 1 heterocycles. The van der Waals surface area contributed by atoms with Gasteiger partial charge in [0.2, 0.25) is 0 Å². The van der Waals surface area contributed by atoms with E-state index in [-0.39, 0.29) is 5.78 Å². The van der Waals surface area contributed by atoms with Crippen LogP contribution in [0.1, 0.15) is 37.8 Å². The van der Waals surface area contributed by atoms with Gasteiger partial charge in [0.15, 0.2) is 0 Å². The molecule has 0 aromatic heterocycles. The van der Waals surface area contributed by atoms with Gasteiger partial charge < -0.3 is 4.57 Å². The van der Waals surface area contributed by atoms with Crippen LogP contribution in [0.5, 0.6) is 0 Å². The van der Waals surface area contributed by atoms with Gasteiger partial charge >= 0.3 is 0 Å². The van der Waals surface area contributed by atoms with Crippen LogP contribution in [0.2, 0.25) is 0 Å². The van der Waals surface area contributed by atoms with Gasteiger partial charge in [0.25, 0.3) is 0 Å². The summed E-state index contributed by atoms with van der Waals surface area (Å²) in [6, 6.07) is 29.5. The van der Waals surface area contributed by atoms with E-state index >= 15 is 4.57 Å². The van der Waals surface area contributed by atoms with Crippen molar-refractivity contribution < 1.29 is 9.36 Å². The molecule has 28 heavy (non-hydrogen) atoms. The van der Waals surface area contributed by atoms with Crippen LogP contribution in [0.4, 0.5) is 0 Å². The zero-order valence-corrected chi connectivity index (χ0v) is 17.2. The molecule has 0 N–H and O–H groups in total. The number of rotatable bonds is 4. The van der Waals surface area contributed by atoms with E-state index in [1.807, 2.05) is 78.9 Å². The van der Waals surface area contributed by atoms with Crippen LogP contribution >= 0.6 is 7.14 Å². The summed E-state index contributed by atoms with van der Waals surface area (Å²) in [6.45, 7) is 3.70. The van der Waals surface area contributed by atoms with Crippen molar-refractivity contribution in [2.45, 2.75) is 37.0 Å². The molecule has 1 saturated heterocycles. The summed E-state index contributed by atoms with van der Waals surface area (Å²) in [4.78, 5) is 13.3. The van der Waals surface area contributed by atoms with Gasteiger partial charge in [-0.15, -0.1) is 0 Å². The second-order valence-corrected chi connectivity index (χ2v) is 11.4. The highest BCUT2D eigenvalue weighted by atomic mass is 31.2. The third-order valence-electron chi connectivity index (χ3n) is 6.56. The largest absolute Gasteiger partial charge is 0.316 e. The van der Waals surface area contributed by atoms with Crippen LogP contribution in [0.15, 0.2) is 91.0 Å². The van der Waals surface area contributed by atoms with E-state index in [1.54, 1.807) is 6.92 Å². The van der Waals surface area contributed by atoms with Crippen LogP contribution in [-0.2, 0) is 19.7 Å². The lowest BCUT2D eigenvalue weighted by Gasteiger charge is -2.41. The van der Waals surface area contributed by atoms with Crippen molar-refractivity contribution in [3.8, 4) is 0 Å². The van der Waals surface area contributed by atoms with Crippen LogP contribution in [-0.4, -0.2) is 5.78 Å². The Labute approximate surface area is 167 Å². The summed E-state index contributed by atoms with van der Waals surface area (Å²) < 4.78 is 15.3. The van der Waals surface area contributed by atoms with Gasteiger partial charge in [0, 0.05) is 5.30 Å². The number of ketones is 1. The average Bonchev–Trinajstić information content (AvgIpc) is 3.00. The van der Waals surface area contributed by atoms with E-state index in [4.69, 9.17) is 0 Å². The van der Waals surface area contributed by atoms with Crippen molar-refractivity contribution in [3.63, 3.8) is 0 Å². The molecule has 3 heteroatoms. The zero-order chi connectivity index (χ0) is 19.8. The fourth-order valence-corrected chi connectivity index (χ4v) is 9.84. The lowest BCUT2D eigenvalue weighted by Crippen LogP contribution is -2.38. The van der Waals surface area contributed by atoms with Gasteiger partial charge in [-0.2, -0.15) is 0 Å². The minimum Gasteiger partial charge on any atom is -0.316 e. The molecule has 0 bridgehead atoms. The van der Waals surface area contributed by atoms with E-state index in [2.05, 4.69) is 19.1 Å². The summed E-state index contributed by atoms with van der Waals surface area (Å²) in [5, 5.41) is -0.810. The maximum Gasteiger partial charge on any atom is 0.148 e.